The number of carbonyl (C=O) groups excluding carboxylic acids is 3. The predicted molar refractivity (Wildman–Crippen MR) is 90.3 cm³/mol. The molecule has 2 amide bonds. The van der Waals surface area contributed by atoms with Crippen molar-refractivity contribution in [3.05, 3.63) is 41.7 Å². The summed E-state index contributed by atoms with van der Waals surface area (Å²) >= 11 is 0. The molecule has 1 aromatic heterocycles. The van der Waals surface area contributed by atoms with Gasteiger partial charge >= 0.3 is 5.97 Å². The van der Waals surface area contributed by atoms with Gasteiger partial charge in [0.2, 0.25) is 11.8 Å². The summed E-state index contributed by atoms with van der Waals surface area (Å²) in [6, 6.07) is 8.00. The smallest absolute Gasteiger partial charge is 0.337 e. The molecular weight excluding hydrogens is 326 g/mol. The molecule has 0 fully saturated rings. The SMILES string of the molecule is COC(=O)c1ccc(N(CCC(=O)Nc2cc(C)on2)C(C)=O)cc1. The van der Waals surface area contributed by atoms with E-state index in [-0.39, 0.29) is 24.8 Å². The topological polar surface area (TPSA) is 102 Å². The van der Waals surface area contributed by atoms with Crippen molar-refractivity contribution in [3.63, 3.8) is 0 Å². The van der Waals surface area contributed by atoms with Crippen molar-refractivity contribution in [1.82, 2.24) is 5.16 Å². The molecule has 132 valence electrons. The largest absolute Gasteiger partial charge is 0.465 e. The summed E-state index contributed by atoms with van der Waals surface area (Å²) < 4.78 is 9.51. The number of amides is 2. The Morgan fingerprint density at radius 2 is 1.92 bits per heavy atom. The lowest BCUT2D eigenvalue weighted by Crippen LogP contribution is -2.32. The van der Waals surface area contributed by atoms with Crippen LogP contribution in [0, 0.1) is 6.92 Å². The van der Waals surface area contributed by atoms with E-state index in [4.69, 9.17) is 4.52 Å². The fourth-order valence-electron chi connectivity index (χ4n) is 2.21. The van der Waals surface area contributed by atoms with Gasteiger partial charge < -0.3 is 19.5 Å². The third-order valence-electron chi connectivity index (χ3n) is 3.44. The molecule has 1 aromatic carbocycles. The summed E-state index contributed by atoms with van der Waals surface area (Å²) in [5.74, 6) is -0.0319. The number of aromatic nitrogens is 1. The van der Waals surface area contributed by atoms with Crippen molar-refractivity contribution in [2.45, 2.75) is 20.3 Å². The number of benzene rings is 1. The zero-order valence-electron chi connectivity index (χ0n) is 14.2. The number of aryl methyl sites for hydroxylation is 1. The van der Waals surface area contributed by atoms with Crippen molar-refractivity contribution in [3.8, 4) is 0 Å². The number of esters is 1. The van der Waals surface area contributed by atoms with Gasteiger partial charge in [-0.25, -0.2) is 4.79 Å². The van der Waals surface area contributed by atoms with Crippen LogP contribution in [0.1, 0.15) is 29.5 Å². The van der Waals surface area contributed by atoms with Crippen molar-refractivity contribution in [1.29, 1.82) is 0 Å². The van der Waals surface area contributed by atoms with Gasteiger partial charge in [0, 0.05) is 31.6 Å². The van der Waals surface area contributed by atoms with E-state index in [1.165, 1.54) is 18.9 Å². The van der Waals surface area contributed by atoms with Crippen LogP contribution in [0.3, 0.4) is 0 Å². The van der Waals surface area contributed by atoms with Crippen molar-refractivity contribution >= 4 is 29.3 Å². The fraction of sp³-hybridized carbons (Fsp3) is 0.294. The number of methoxy groups -OCH3 is 1. The first-order valence-electron chi connectivity index (χ1n) is 7.60. The monoisotopic (exact) mass is 345 g/mol. The Kier molecular flexibility index (Phi) is 5.89. The molecule has 0 radical (unpaired) electrons. The molecule has 1 heterocycles. The molecular formula is C17H19N3O5. The standard InChI is InChI=1S/C17H19N3O5/c1-11-10-15(19-25-11)18-16(22)8-9-20(12(2)21)14-6-4-13(5-7-14)17(23)24-3/h4-7,10H,8-9H2,1-3H3,(H,18,19,22). The number of nitrogens with one attached hydrogen (secondary N) is 1. The van der Waals surface area contributed by atoms with Crippen LogP contribution in [-0.4, -0.2) is 36.6 Å². The highest BCUT2D eigenvalue weighted by molar-refractivity contribution is 5.95. The third kappa shape index (κ3) is 4.90. The van der Waals surface area contributed by atoms with E-state index in [9.17, 15) is 14.4 Å². The molecule has 0 spiro atoms. The minimum absolute atomic E-state index is 0.0875. The van der Waals surface area contributed by atoms with E-state index in [2.05, 4.69) is 15.2 Å². The van der Waals surface area contributed by atoms with Crippen molar-refractivity contribution in [2.75, 3.05) is 23.9 Å². The Hall–Kier alpha value is -3.16. The first kappa shape index (κ1) is 18.2. The Bertz CT molecular complexity index is 767. The quantitative estimate of drug-likeness (QED) is 0.805. The summed E-state index contributed by atoms with van der Waals surface area (Å²) in [5.41, 5.74) is 0.971. The van der Waals surface area contributed by atoms with Gasteiger partial charge in [0.15, 0.2) is 5.82 Å². The van der Waals surface area contributed by atoms with E-state index >= 15 is 0 Å². The van der Waals surface area contributed by atoms with Gasteiger partial charge in [0.25, 0.3) is 0 Å². The average Bonchev–Trinajstić information content (AvgIpc) is 2.99. The highest BCUT2D eigenvalue weighted by Crippen LogP contribution is 2.17. The molecule has 0 saturated carbocycles. The molecule has 0 aliphatic carbocycles. The van der Waals surface area contributed by atoms with Gasteiger partial charge in [-0.3, -0.25) is 9.59 Å². The minimum atomic E-state index is -0.455. The number of ether oxygens (including phenoxy) is 1. The minimum Gasteiger partial charge on any atom is -0.465 e. The first-order valence-corrected chi connectivity index (χ1v) is 7.60. The lowest BCUT2D eigenvalue weighted by Gasteiger charge is -2.21. The van der Waals surface area contributed by atoms with Gasteiger partial charge in [0.1, 0.15) is 5.76 Å². The van der Waals surface area contributed by atoms with Crippen LogP contribution in [0.15, 0.2) is 34.9 Å². The molecule has 0 bridgehead atoms. The summed E-state index contributed by atoms with van der Waals surface area (Å²) in [6.45, 7) is 3.32. The van der Waals surface area contributed by atoms with Crippen LogP contribution in [0.2, 0.25) is 0 Å². The van der Waals surface area contributed by atoms with Gasteiger partial charge in [-0.1, -0.05) is 5.16 Å². The Morgan fingerprint density at radius 1 is 1.24 bits per heavy atom. The lowest BCUT2D eigenvalue weighted by atomic mass is 10.2. The zero-order chi connectivity index (χ0) is 18.4. The Balaban J connectivity index is 1.99. The highest BCUT2D eigenvalue weighted by Gasteiger charge is 2.15. The van der Waals surface area contributed by atoms with Gasteiger partial charge in [-0.05, 0) is 31.2 Å². The number of hydrogen-bond acceptors (Lipinski definition) is 6. The van der Waals surface area contributed by atoms with E-state index in [1.807, 2.05) is 0 Å². The number of carbonyl (C=O) groups is 3. The summed E-state index contributed by atoms with van der Waals surface area (Å²) in [5, 5.41) is 6.28. The molecule has 0 saturated heterocycles. The summed E-state index contributed by atoms with van der Waals surface area (Å²) in [4.78, 5) is 36.7. The second-order valence-corrected chi connectivity index (χ2v) is 5.33. The van der Waals surface area contributed by atoms with Crippen LogP contribution in [0.25, 0.3) is 0 Å². The molecule has 1 N–H and O–H groups in total. The molecule has 0 unspecified atom stereocenters. The molecule has 0 aliphatic heterocycles. The zero-order valence-corrected chi connectivity index (χ0v) is 14.2. The number of nitrogens with zero attached hydrogens (tertiary/aromatic N) is 2. The molecule has 0 atom stereocenters. The van der Waals surface area contributed by atoms with Gasteiger partial charge in [-0.2, -0.15) is 0 Å². The van der Waals surface area contributed by atoms with E-state index in [1.54, 1.807) is 37.3 Å². The van der Waals surface area contributed by atoms with Crippen LogP contribution in [-0.2, 0) is 14.3 Å². The van der Waals surface area contributed by atoms with Gasteiger partial charge in [0.05, 0.1) is 12.7 Å². The average molecular weight is 345 g/mol. The van der Waals surface area contributed by atoms with Gasteiger partial charge in [-0.15, -0.1) is 0 Å². The van der Waals surface area contributed by atoms with Crippen molar-refractivity contribution in [2.24, 2.45) is 0 Å². The maximum absolute atomic E-state index is 12.0. The second kappa shape index (κ2) is 8.09. The molecule has 2 rings (SSSR count). The second-order valence-electron chi connectivity index (χ2n) is 5.33. The molecule has 25 heavy (non-hydrogen) atoms. The number of hydrogen-bond donors (Lipinski definition) is 1. The highest BCUT2D eigenvalue weighted by atomic mass is 16.5. The van der Waals surface area contributed by atoms with Crippen LogP contribution < -0.4 is 10.2 Å². The number of rotatable bonds is 6. The summed E-state index contributed by atoms with van der Waals surface area (Å²) in [7, 11) is 1.30. The van der Waals surface area contributed by atoms with Crippen molar-refractivity contribution < 1.29 is 23.6 Å². The maximum Gasteiger partial charge on any atom is 0.337 e. The van der Waals surface area contributed by atoms with E-state index < -0.39 is 5.97 Å². The fourth-order valence-corrected chi connectivity index (χ4v) is 2.21. The predicted octanol–water partition coefficient (Wildman–Crippen LogP) is 2.15. The third-order valence-corrected chi connectivity index (χ3v) is 3.44. The normalized spacial score (nSPS) is 10.2. The van der Waals surface area contributed by atoms with Crippen LogP contribution in [0.5, 0.6) is 0 Å². The summed E-state index contributed by atoms with van der Waals surface area (Å²) in [6.07, 6.45) is 0.0875. The lowest BCUT2D eigenvalue weighted by molar-refractivity contribution is -0.117. The van der Waals surface area contributed by atoms with E-state index in [0.29, 0.717) is 22.8 Å². The molecule has 2 aromatic rings. The first-order chi connectivity index (χ1) is 11.9. The number of anilines is 2. The Morgan fingerprint density at radius 3 is 2.44 bits per heavy atom. The Labute approximate surface area is 144 Å². The maximum atomic E-state index is 12.0. The van der Waals surface area contributed by atoms with E-state index in [0.717, 1.165) is 0 Å². The molecule has 0 aliphatic rings. The molecule has 8 heteroatoms. The van der Waals surface area contributed by atoms with Crippen LogP contribution in [0.4, 0.5) is 11.5 Å². The molecule has 8 nitrogen and oxygen atoms in total. The van der Waals surface area contributed by atoms with Crippen LogP contribution >= 0.6 is 0 Å².